The average Bonchev–Trinajstić information content (AvgIpc) is 2.59. The maximum atomic E-state index is 6.28. The van der Waals surface area contributed by atoms with Gasteiger partial charge in [-0.05, 0) is 48.2 Å². The van der Waals surface area contributed by atoms with E-state index in [0.29, 0.717) is 11.8 Å². The Morgan fingerprint density at radius 2 is 1.04 bits per heavy atom. The fourth-order valence-electron chi connectivity index (χ4n) is 2.85. The van der Waals surface area contributed by atoms with Crippen molar-refractivity contribution in [3.63, 3.8) is 0 Å². The van der Waals surface area contributed by atoms with E-state index in [-0.39, 0.29) is 6.10 Å². The normalized spacial score (nSPS) is 11.9. The molecule has 0 fully saturated rings. The zero-order valence-electron chi connectivity index (χ0n) is 16.6. The SMILES string of the molecule is CC(C)c1ccc(C(OCCN(C)C)c2ccc(C(C)C)cc2)cc1. The number of hydrogen-bond acceptors (Lipinski definition) is 2. The highest BCUT2D eigenvalue weighted by Gasteiger charge is 2.16. The molecule has 0 spiro atoms. The van der Waals surface area contributed by atoms with Crippen molar-refractivity contribution in [2.24, 2.45) is 0 Å². The molecule has 0 saturated heterocycles. The van der Waals surface area contributed by atoms with E-state index >= 15 is 0 Å². The van der Waals surface area contributed by atoms with Crippen LogP contribution in [-0.4, -0.2) is 32.1 Å². The van der Waals surface area contributed by atoms with Crippen LogP contribution < -0.4 is 0 Å². The monoisotopic (exact) mass is 339 g/mol. The molecule has 0 aliphatic rings. The highest BCUT2D eigenvalue weighted by atomic mass is 16.5. The summed E-state index contributed by atoms with van der Waals surface area (Å²) in [5, 5.41) is 0. The minimum atomic E-state index is -0.0117. The molecule has 0 heterocycles. The Bertz CT molecular complexity index is 575. The first-order valence-corrected chi connectivity index (χ1v) is 9.34. The van der Waals surface area contributed by atoms with Gasteiger partial charge in [-0.1, -0.05) is 76.2 Å². The molecule has 2 rings (SSSR count). The van der Waals surface area contributed by atoms with Gasteiger partial charge in [0.1, 0.15) is 6.10 Å². The first-order chi connectivity index (χ1) is 11.9. The van der Waals surface area contributed by atoms with Gasteiger partial charge in [0.15, 0.2) is 0 Å². The Labute approximate surface area is 153 Å². The molecule has 0 bridgehead atoms. The zero-order chi connectivity index (χ0) is 18.4. The van der Waals surface area contributed by atoms with Gasteiger partial charge in [0.2, 0.25) is 0 Å². The molecule has 25 heavy (non-hydrogen) atoms. The number of ether oxygens (including phenoxy) is 1. The first kappa shape index (κ1) is 19.7. The average molecular weight is 340 g/mol. The zero-order valence-corrected chi connectivity index (χ0v) is 16.6. The Hall–Kier alpha value is -1.64. The lowest BCUT2D eigenvalue weighted by atomic mass is 9.95. The second-order valence-corrected chi connectivity index (χ2v) is 7.70. The lowest BCUT2D eigenvalue weighted by Crippen LogP contribution is -2.20. The van der Waals surface area contributed by atoms with E-state index in [2.05, 4.69) is 95.2 Å². The molecular formula is C23H33NO. The van der Waals surface area contributed by atoms with E-state index in [9.17, 15) is 0 Å². The van der Waals surface area contributed by atoms with Crippen LogP contribution >= 0.6 is 0 Å². The lowest BCUT2D eigenvalue weighted by Gasteiger charge is -2.21. The second kappa shape index (κ2) is 9.17. The van der Waals surface area contributed by atoms with Gasteiger partial charge in [0, 0.05) is 6.54 Å². The van der Waals surface area contributed by atoms with Crippen LogP contribution in [0.15, 0.2) is 48.5 Å². The summed E-state index contributed by atoms with van der Waals surface area (Å²) in [5.74, 6) is 1.10. The number of benzene rings is 2. The van der Waals surface area contributed by atoms with Gasteiger partial charge in [0.05, 0.1) is 6.61 Å². The topological polar surface area (TPSA) is 12.5 Å². The van der Waals surface area contributed by atoms with Gasteiger partial charge in [0.25, 0.3) is 0 Å². The molecule has 0 atom stereocenters. The quantitative estimate of drug-likeness (QED) is 0.620. The van der Waals surface area contributed by atoms with Crippen molar-refractivity contribution in [2.45, 2.75) is 45.6 Å². The van der Waals surface area contributed by atoms with Crippen LogP contribution in [0.1, 0.15) is 67.9 Å². The van der Waals surface area contributed by atoms with Crippen LogP contribution in [0.25, 0.3) is 0 Å². The van der Waals surface area contributed by atoms with E-state index in [1.807, 2.05) is 0 Å². The van der Waals surface area contributed by atoms with Gasteiger partial charge in [-0.3, -0.25) is 0 Å². The maximum absolute atomic E-state index is 6.28. The first-order valence-electron chi connectivity index (χ1n) is 9.34. The number of likely N-dealkylation sites (N-methyl/N-ethyl adjacent to an activating group) is 1. The second-order valence-electron chi connectivity index (χ2n) is 7.70. The van der Waals surface area contributed by atoms with E-state index in [0.717, 1.165) is 13.2 Å². The fraction of sp³-hybridized carbons (Fsp3) is 0.478. The van der Waals surface area contributed by atoms with Gasteiger partial charge in [-0.2, -0.15) is 0 Å². The number of rotatable bonds is 8. The summed E-state index contributed by atoms with van der Waals surface area (Å²) in [4.78, 5) is 2.15. The van der Waals surface area contributed by atoms with Gasteiger partial charge < -0.3 is 9.64 Å². The molecule has 136 valence electrons. The van der Waals surface area contributed by atoms with Crippen LogP contribution in [0.2, 0.25) is 0 Å². The summed E-state index contributed by atoms with van der Waals surface area (Å²) in [6, 6.07) is 17.8. The molecule has 0 radical (unpaired) electrons. The smallest absolute Gasteiger partial charge is 0.108 e. The highest BCUT2D eigenvalue weighted by Crippen LogP contribution is 2.28. The predicted octanol–water partition coefficient (Wildman–Crippen LogP) is 5.60. The third-order valence-electron chi connectivity index (χ3n) is 4.63. The van der Waals surface area contributed by atoms with Crippen LogP contribution in [0.5, 0.6) is 0 Å². The molecule has 0 N–H and O–H groups in total. The molecule has 2 aromatic carbocycles. The molecule has 2 heteroatoms. The molecule has 0 aliphatic heterocycles. The minimum absolute atomic E-state index is 0.0117. The van der Waals surface area contributed by atoms with Gasteiger partial charge in [-0.15, -0.1) is 0 Å². The van der Waals surface area contributed by atoms with Crippen molar-refractivity contribution in [1.82, 2.24) is 4.90 Å². The van der Waals surface area contributed by atoms with Crippen LogP contribution in [0, 0.1) is 0 Å². The number of hydrogen-bond donors (Lipinski definition) is 0. The Morgan fingerprint density at radius 1 is 0.680 bits per heavy atom. The molecule has 2 aromatic rings. The lowest BCUT2D eigenvalue weighted by molar-refractivity contribution is 0.0687. The third kappa shape index (κ3) is 5.69. The Balaban J connectivity index is 2.25. The van der Waals surface area contributed by atoms with Gasteiger partial charge in [-0.25, -0.2) is 0 Å². The summed E-state index contributed by atoms with van der Waals surface area (Å²) in [7, 11) is 4.15. The summed E-state index contributed by atoms with van der Waals surface area (Å²) >= 11 is 0. The summed E-state index contributed by atoms with van der Waals surface area (Å²) in [6.07, 6.45) is -0.0117. The predicted molar refractivity (Wildman–Crippen MR) is 107 cm³/mol. The molecule has 0 aliphatic carbocycles. The Morgan fingerprint density at radius 3 is 1.36 bits per heavy atom. The van der Waals surface area contributed by atoms with Crippen LogP contribution in [0.3, 0.4) is 0 Å². The molecule has 0 amide bonds. The molecule has 0 saturated carbocycles. The standard InChI is InChI=1S/C23H33NO/c1-17(2)19-7-11-21(12-8-19)23(25-16-15-24(5)6)22-13-9-20(10-14-22)18(3)4/h7-14,17-18,23H,15-16H2,1-6H3. The highest BCUT2D eigenvalue weighted by molar-refractivity contribution is 5.35. The summed E-state index contributed by atoms with van der Waals surface area (Å²) in [5.41, 5.74) is 5.18. The van der Waals surface area contributed by atoms with E-state index in [1.54, 1.807) is 0 Å². The molecular weight excluding hydrogens is 306 g/mol. The van der Waals surface area contributed by atoms with Crippen molar-refractivity contribution < 1.29 is 4.74 Å². The maximum Gasteiger partial charge on any atom is 0.108 e. The van der Waals surface area contributed by atoms with Crippen molar-refractivity contribution in [3.8, 4) is 0 Å². The largest absolute Gasteiger partial charge is 0.367 e. The fourth-order valence-corrected chi connectivity index (χ4v) is 2.85. The van der Waals surface area contributed by atoms with Crippen LogP contribution in [0.4, 0.5) is 0 Å². The summed E-state index contributed by atoms with van der Waals surface area (Å²) in [6.45, 7) is 10.5. The van der Waals surface area contributed by atoms with Crippen molar-refractivity contribution in [3.05, 3.63) is 70.8 Å². The van der Waals surface area contributed by atoms with E-state index in [1.165, 1.54) is 22.3 Å². The third-order valence-corrected chi connectivity index (χ3v) is 4.63. The molecule has 2 nitrogen and oxygen atoms in total. The van der Waals surface area contributed by atoms with Crippen molar-refractivity contribution in [2.75, 3.05) is 27.2 Å². The van der Waals surface area contributed by atoms with Crippen molar-refractivity contribution >= 4 is 0 Å². The number of nitrogens with zero attached hydrogens (tertiary/aromatic N) is 1. The Kier molecular flexibility index (Phi) is 7.22. The summed E-state index contributed by atoms with van der Waals surface area (Å²) < 4.78 is 6.28. The van der Waals surface area contributed by atoms with E-state index < -0.39 is 0 Å². The molecule has 0 unspecified atom stereocenters. The van der Waals surface area contributed by atoms with Gasteiger partial charge >= 0.3 is 0 Å². The molecule has 0 aromatic heterocycles. The van der Waals surface area contributed by atoms with Crippen molar-refractivity contribution in [1.29, 1.82) is 0 Å². The van der Waals surface area contributed by atoms with Crippen LogP contribution in [-0.2, 0) is 4.74 Å². The van der Waals surface area contributed by atoms with E-state index in [4.69, 9.17) is 4.74 Å². The minimum Gasteiger partial charge on any atom is -0.367 e.